The summed E-state index contributed by atoms with van der Waals surface area (Å²) in [5.41, 5.74) is 7.88. The third kappa shape index (κ3) is 2.86. The molecule has 2 nitrogen and oxygen atoms in total. The van der Waals surface area contributed by atoms with Crippen LogP contribution in [0.4, 0.5) is 0 Å². The second-order valence-electron chi connectivity index (χ2n) is 3.83. The van der Waals surface area contributed by atoms with E-state index in [1.807, 2.05) is 42.5 Å². The summed E-state index contributed by atoms with van der Waals surface area (Å²) < 4.78 is 0. The molecular weight excluding hydrogens is 234 g/mol. The van der Waals surface area contributed by atoms with Crippen molar-refractivity contribution in [1.29, 1.82) is 0 Å². The van der Waals surface area contributed by atoms with Gasteiger partial charge in [0.15, 0.2) is 0 Å². The Hall–Kier alpha value is -1.80. The van der Waals surface area contributed by atoms with Gasteiger partial charge in [-0.2, -0.15) is 0 Å². The molecule has 0 spiro atoms. The van der Waals surface area contributed by atoms with E-state index in [9.17, 15) is 4.79 Å². The molecule has 0 unspecified atom stereocenters. The lowest BCUT2D eigenvalue weighted by Gasteiger charge is -2.06. The van der Waals surface area contributed by atoms with E-state index in [0.717, 1.165) is 11.1 Å². The van der Waals surface area contributed by atoms with Crippen molar-refractivity contribution < 1.29 is 4.79 Å². The summed E-state index contributed by atoms with van der Waals surface area (Å²) in [6.07, 6.45) is 0.652. The first-order chi connectivity index (χ1) is 8.16. The van der Waals surface area contributed by atoms with Crippen molar-refractivity contribution >= 4 is 17.5 Å². The Kier molecular flexibility index (Phi) is 3.45. The molecule has 0 fully saturated rings. The first kappa shape index (κ1) is 11.7. The molecule has 0 aromatic heterocycles. The first-order valence-corrected chi connectivity index (χ1v) is 5.67. The Morgan fingerprint density at radius 3 is 2.59 bits per heavy atom. The molecule has 0 radical (unpaired) electrons. The standard InChI is InChI=1S/C14H12ClNO/c15-12-6-3-4-10(9-12)8-11-5-1-2-7-13(11)14(16)17/h1-7,9H,8H2,(H2,16,17). The Morgan fingerprint density at radius 1 is 1.12 bits per heavy atom. The van der Waals surface area contributed by atoms with Gasteiger partial charge in [0.05, 0.1) is 0 Å². The minimum Gasteiger partial charge on any atom is -0.366 e. The summed E-state index contributed by atoms with van der Waals surface area (Å²) in [7, 11) is 0. The van der Waals surface area contributed by atoms with Gasteiger partial charge in [0, 0.05) is 10.6 Å². The maximum absolute atomic E-state index is 11.3. The highest BCUT2D eigenvalue weighted by atomic mass is 35.5. The zero-order chi connectivity index (χ0) is 12.3. The van der Waals surface area contributed by atoms with E-state index >= 15 is 0 Å². The van der Waals surface area contributed by atoms with Crippen LogP contribution in [0.15, 0.2) is 48.5 Å². The molecule has 86 valence electrons. The van der Waals surface area contributed by atoms with Gasteiger partial charge in [0.1, 0.15) is 0 Å². The number of carbonyl (C=O) groups is 1. The molecule has 0 saturated heterocycles. The van der Waals surface area contributed by atoms with Gasteiger partial charge in [-0.05, 0) is 35.7 Å². The maximum atomic E-state index is 11.3. The average molecular weight is 246 g/mol. The number of carbonyl (C=O) groups excluding carboxylic acids is 1. The number of halogens is 1. The summed E-state index contributed by atoms with van der Waals surface area (Å²) in [5, 5.41) is 0.694. The molecule has 0 bridgehead atoms. The van der Waals surface area contributed by atoms with Crippen LogP contribution in [0.25, 0.3) is 0 Å². The van der Waals surface area contributed by atoms with Crippen molar-refractivity contribution in [2.45, 2.75) is 6.42 Å². The Labute approximate surface area is 105 Å². The Balaban J connectivity index is 2.33. The summed E-state index contributed by atoms with van der Waals surface area (Å²) in [5.74, 6) is -0.400. The SMILES string of the molecule is NC(=O)c1ccccc1Cc1cccc(Cl)c1. The monoisotopic (exact) mass is 245 g/mol. The third-order valence-corrected chi connectivity index (χ3v) is 2.80. The highest BCUT2D eigenvalue weighted by Gasteiger charge is 2.07. The number of hydrogen-bond donors (Lipinski definition) is 1. The van der Waals surface area contributed by atoms with Crippen LogP contribution in [0, 0.1) is 0 Å². The number of benzene rings is 2. The largest absolute Gasteiger partial charge is 0.366 e. The zero-order valence-corrected chi connectivity index (χ0v) is 9.95. The minimum atomic E-state index is -0.400. The van der Waals surface area contributed by atoms with Crippen molar-refractivity contribution in [1.82, 2.24) is 0 Å². The molecule has 17 heavy (non-hydrogen) atoms. The number of hydrogen-bond acceptors (Lipinski definition) is 1. The van der Waals surface area contributed by atoms with Crippen molar-refractivity contribution in [2.75, 3.05) is 0 Å². The van der Waals surface area contributed by atoms with Crippen LogP contribution in [0.5, 0.6) is 0 Å². The summed E-state index contributed by atoms with van der Waals surface area (Å²) in [4.78, 5) is 11.3. The predicted octanol–water partition coefficient (Wildman–Crippen LogP) is 3.03. The molecule has 2 N–H and O–H groups in total. The molecule has 2 aromatic rings. The van der Waals surface area contributed by atoms with Crippen LogP contribution in [-0.2, 0) is 6.42 Å². The average Bonchev–Trinajstić information content (AvgIpc) is 2.29. The Morgan fingerprint density at radius 2 is 1.88 bits per heavy atom. The van der Waals surface area contributed by atoms with Crippen LogP contribution in [-0.4, -0.2) is 5.91 Å². The highest BCUT2D eigenvalue weighted by molar-refractivity contribution is 6.30. The second-order valence-corrected chi connectivity index (χ2v) is 4.26. The number of nitrogens with two attached hydrogens (primary N) is 1. The lowest BCUT2D eigenvalue weighted by atomic mass is 9.99. The molecule has 2 aromatic carbocycles. The van der Waals surface area contributed by atoms with Gasteiger partial charge in [0.25, 0.3) is 0 Å². The third-order valence-electron chi connectivity index (χ3n) is 2.57. The zero-order valence-electron chi connectivity index (χ0n) is 9.19. The van der Waals surface area contributed by atoms with Gasteiger partial charge >= 0.3 is 0 Å². The van der Waals surface area contributed by atoms with Crippen LogP contribution in [0.2, 0.25) is 5.02 Å². The van der Waals surface area contributed by atoms with E-state index < -0.39 is 5.91 Å². The molecule has 0 heterocycles. The van der Waals surface area contributed by atoms with Crippen molar-refractivity contribution in [3.63, 3.8) is 0 Å². The van der Waals surface area contributed by atoms with E-state index in [1.165, 1.54) is 0 Å². The van der Waals surface area contributed by atoms with Gasteiger partial charge in [-0.1, -0.05) is 41.9 Å². The minimum absolute atomic E-state index is 0.400. The highest BCUT2D eigenvalue weighted by Crippen LogP contribution is 2.17. The number of rotatable bonds is 3. The van der Waals surface area contributed by atoms with Crippen LogP contribution >= 0.6 is 11.6 Å². The molecular formula is C14H12ClNO. The van der Waals surface area contributed by atoms with Crippen molar-refractivity contribution in [3.05, 3.63) is 70.2 Å². The predicted molar refractivity (Wildman–Crippen MR) is 69.2 cm³/mol. The van der Waals surface area contributed by atoms with E-state index in [1.54, 1.807) is 6.07 Å². The van der Waals surface area contributed by atoms with Gasteiger partial charge in [-0.25, -0.2) is 0 Å². The van der Waals surface area contributed by atoms with Crippen LogP contribution in [0.3, 0.4) is 0 Å². The van der Waals surface area contributed by atoms with Gasteiger partial charge in [-0.15, -0.1) is 0 Å². The molecule has 2 rings (SSSR count). The molecule has 1 amide bonds. The van der Waals surface area contributed by atoms with Gasteiger partial charge in [0.2, 0.25) is 5.91 Å². The fourth-order valence-electron chi connectivity index (χ4n) is 1.78. The summed E-state index contributed by atoms with van der Waals surface area (Å²) >= 11 is 5.92. The topological polar surface area (TPSA) is 43.1 Å². The maximum Gasteiger partial charge on any atom is 0.248 e. The smallest absolute Gasteiger partial charge is 0.248 e. The van der Waals surface area contributed by atoms with Crippen molar-refractivity contribution in [2.24, 2.45) is 5.73 Å². The van der Waals surface area contributed by atoms with Crippen LogP contribution < -0.4 is 5.73 Å². The second kappa shape index (κ2) is 5.02. The van der Waals surface area contributed by atoms with Crippen molar-refractivity contribution in [3.8, 4) is 0 Å². The van der Waals surface area contributed by atoms with Gasteiger partial charge in [-0.3, -0.25) is 4.79 Å². The van der Waals surface area contributed by atoms with E-state index in [0.29, 0.717) is 17.0 Å². The van der Waals surface area contributed by atoms with Gasteiger partial charge < -0.3 is 5.73 Å². The van der Waals surface area contributed by atoms with Crippen LogP contribution in [0.1, 0.15) is 21.5 Å². The van der Waals surface area contributed by atoms with E-state index in [4.69, 9.17) is 17.3 Å². The Bertz CT molecular complexity index is 551. The molecule has 3 heteroatoms. The molecule has 0 aliphatic carbocycles. The lowest BCUT2D eigenvalue weighted by Crippen LogP contribution is -2.13. The molecule has 0 saturated carbocycles. The summed E-state index contributed by atoms with van der Waals surface area (Å²) in [6.45, 7) is 0. The number of amides is 1. The van der Waals surface area contributed by atoms with E-state index in [2.05, 4.69) is 0 Å². The molecule has 0 aliphatic rings. The fraction of sp³-hybridized carbons (Fsp3) is 0.0714. The summed E-state index contributed by atoms with van der Waals surface area (Å²) in [6, 6.07) is 14.9. The lowest BCUT2D eigenvalue weighted by molar-refractivity contribution is 0.0999. The number of primary amides is 1. The fourth-order valence-corrected chi connectivity index (χ4v) is 1.99. The normalized spacial score (nSPS) is 10.2. The molecule has 0 atom stereocenters. The molecule has 0 aliphatic heterocycles. The quantitative estimate of drug-likeness (QED) is 0.888. The first-order valence-electron chi connectivity index (χ1n) is 5.29. The van der Waals surface area contributed by atoms with E-state index in [-0.39, 0.29) is 0 Å².